The maximum atomic E-state index is 11.7. The Balaban J connectivity index is 1.91. The Bertz CT molecular complexity index is 602. The van der Waals surface area contributed by atoms with Crippen molar-refractivity contribution in [2.75, 3.05) is 0 Å². The maximum Gasteiger partial charge on any atom is 0.313 e. The zero-order chi connectivity index (χ0) is 15.9. The molecule has 6 nitrogen and oxygen atoms in total. The summed E-state index contributed by atoms with van der Waals surface area (Å²) >= 11 is 0. The van der Waals surface area contributed by atoms with Crippen LogP contribution < -0.4 is 0 Å². The van der Waals surface area contributed by atoms with E-state index in [9.17, 15) is 19.7 Å². The van der Waals surface area contributed by atoms with Crippen molar-refractivity contribution in [2.45, 2.75) is 38.2 Å². The van der Waals surface area contributed by atoms with Gasteiger partial charge in [0.25, 0.3) is 5.69 Å². The summed E-state index contributed by atoms with van der Waals surface area (Å²) in [7, 11) is 0. The first-order valence-corrected chi connectivity index (χ1v) is 7.20. The highest BCUT2D eigenvalue weighted by atomic mass is 16.6. The van der Waals surface area contributed by atoms with Gasteiger partial charge in [-0.2, -0.15) is 0 Å². The quantitative estimate of drug-likeness (QED) is 0.265. The van der Waals surface area contributed by atoms with Gasteiger partial charge in [0.1, 0.15) is 12.5 Å². The number of benzene rings is 1. The highest BCUT2D eigenvalue weighted by Gasteiger charge is 2.20. The van der Waals surface area contributed by atoms with Crippen molar-refractivity contribution in [3.63, 3.8) is 0 Å². The molecule has 0 aliphatic heterocycles. The lowest BCUT2D eigenvalue weighted by Gasteiger charge is -2.09. The van der Waals surface area contributed by atoms with E-state index in [1.54, 1.807) is 18.2 Å². The van der Waals surface area contributed by atoms with E-state index in [1.165, 1.54) is 18.2 Å². The third-order valence-electron chi connectivity index (χ3n) is 3.50. The van der Waals surface area contributed by atoms with Crippen molar-refractivity contribution < 1.29 is 19.2 Å². The van der Waals surface area contributed by atoms with Crippen molar-refractivity contribution in [3.05, 3.63) is 46.0 Å². The van der Waals surface area contributed by atoms with Crippen LogP contribution in [-0.4, -0.2) is 22.8 Å². The number of rotatable bonds is 6. The molecule has 0 spiro atoms. The van der Waals surface area contributed by atoms with Crippen LogP contribution in [0, 0.1) is 10.1 Å². The first-order chi connectivity index (χ1) is 10.6. The number of nitro groups is 1. The third kappa shape index (κ3) is 4.51. The Morgan fingerprint density at radius 1 is 1.27 bits per heavy atom. The third-order valence-corrected chi connectivity index (χ3v) is 3.50. The topological polar surface area (TPSA) is 86.5 Å². The fourth-order valence-corrected chi connectivity index (χ4v) is 2.41. The summed E-state index contributed by atoms with van der Waals surface area (Å²) < 4.78 is 5.19. The fourth-order valence-electron chi connectivity index (χ4n) is 2.41. The highest BCUT2D eigenvalue weighted by molar-refractivity contribution is 6.04. The second-order valence-corrected chi connectivity index (χ2v) is 5.19. The lowest BCUT2D eigenvalue weighted by molar-refractivity contribution is -0.385. The number of ether oxygens (including phenoxy) is 1. The van der Waals surface area contributed by atoms with E-state index in [0.29, 0.717) is 5.56 Å². The van der Waals surface area contributed by atoms with Crippen molar-refractivity contribution in [1.29, 1.82) is 0 Å². The first-order valence-electron chi connectivity index (χ1n) is 7.20. The van der Waals surface area contributed by atoms with Crippen LogP contribution in [0.1, 0.15) is 37.7 Å². The normalized spacial score (nSPS) is 15.1. The molecule has 0 atom stereocenters. The number of esters is 1. The molecule has 1 fully saturated rings. The molecule has 2 rings (SSSR count). The Morgan fingerprint density at radius 2 is 1.95 bits per heavy atom. The van der Waals surface area contributed by atoms with Crippen LogP contribution in [-0.2, 0) is 14.3 Å². The van der Waals surface area contributed by atoms with Crippen molar-refractivity contribution in [3.8, 4) is 0 Å². The summed E-state index contributed by atoms with van der Waals surface area (Å²) in [5, 5.41) is 10.9. The van der Waals surface area contributed by atoms with Gasteiger partial charge in [0.05, 0.1) is 10.5 Å². The largest absolute Gasteiger partial charge is 0.462 e. The van der Waals surface area contributed by atoms with Crippen LogP contribution >= 0.6 is 0 Å². The molecule has 0 heterocycles. The van der Waals surface area contributed by atoms with Crippen LogP contribution in [0.25, 0.3) is 6.08 Å². The average Bonchev–Trinajstić information content (AvgIpc) is 2.98. The molecule has 6 heteroatoms. The van der Waals surface area contributed by atoms with Gasteiger partial charge in [-0.15, -0.1) is 0 Å². The molecule has 0 N–H and O–H groups in total. The standard InChI is InChI=1S/C16H17NO5/c18-13(11-16(19)22-14-6-2-3-7-14)10-9-12-5-1-4-8-15(12)17(20)21/h1,4-5,8-10,14H,2-3,6-7,11H2. The van der Waals surface area contributed by atoms with Crippen LogP contribution in [0.3, 0.4) is 0 Å². The highest BCUT2D eigenvalue weighted by Crippen LogP contribution is 2.21. The number of carbonyl (C=O) groups is 2. The summed E-state index contributed by atoms with van der Waals surface area (Å²) in [6.07, 6.45) is 5.92. The summed E-state index contributed by atoms with van der Waals surface area (Å²) in [6.45, 7) is 0. The molecule has 22 heavy (non-hydrogen) atoms. The van der Waals surface area contributed by atoms with E-state index in [0.717, 1.165) is 25.7 Å². The zero-order valence-corrected chi connectivity index (χ0v) is 12.1. The molecule has 0 saturated heterocycles. The van der Waals surface area contributed by atoms with Crippen molar-refractivity contribution >= 4 is 23.5 Å². The van der Waals surface area contributed by atoms with Crippen LogP contribution in [0.2, 0.25) is 0 Å². The lowest BCUT2D eigenvalue weighted by atomic mass is 10.1. The van der Waals surface area contributed by atoms with Crippen molar-refractivity contribution in [2.24, 2.45) is 0 Å². The minimum Gasteiger partial charge on any atom is -0.462 e. The number of nitrogens with zero attached hydrogens (tertiary/aromatic N) is 1. The fraction of sp³-hybridized carbons (Fsp3) is 0.375. The Hall–Kier alpha value is -2.50. The van der Waals surface area contributed by atoms with Crippen LogP contribution in [0.15, 0.2) is 30.3 Å². The molecule has 1 aliphatic rings. The van der Waals surface area contributed by atoms with E-state index in [2.05, 4.69) is 0 Å². The number of hydrogen-bond acceptors (Lipinski definition) is 5. The number of para-hydroxylation sites is 1. The monoisotopic (exact) mass is 303 g/mol. The summed E-state index contributed by atoms with van der Waals surface area (Å²) in [6, 6.07) is 6.10. The molecule has 1 saturated carbocycles. The van der Waals surface area contributed by atoms with Gasteiger partial charge in [0.15, 0.2) is 5.78 Å². The van der Waals surface area contributed by atoms with Gasteiger partial charge in [-0.05, 0) is 43.9 Å². The number of allylic oxidation sites excluding steroid dienone is 1. The van der Waals surface area contributed by atoms with E-state index >= 15 is 0 Å². The molecular weight excluding hydrogens is 286 g/mol. The number of carbonyl (C=O) groups excluding carboxylic acids is 2. The Labute approximate surface area is 127 Å². The van der Waals surface area contributed by atoms with Gasteiger partial charge in [-0.25, -0.2) is 0 Å². The van der Waals surface area contributed by atoms with Crippen LogP contribution in [0.5, 0.6) is 0 Å². The SMILES string of the molecule is O=C(C=Cc1ccccc1[N+](=O)[O-])CC(=O)OC1CCCC1. The van der Waals surface area contributed by atoms with E-state index in [1.807, 2.05) is 0 Å². The molecule has 116 valence electrons. The van der Waals surface area contributed by atoms with E-state index in [-0.39, 0.29) is 18.2 Å². The summed E-state index contributed by atoms with van der Waals surface area (Å²) in [4.78, 5) is 33.7. The number of ketones is 1. The molecule has 0 radical (unpaired) electrons. The Kier molecular flexibility index (Phi) is 5.41. The number of hydrogen-bond donors (Lipinski definition) is 0. The molecule has 0 bridgehead atoms. The van der Waals surface area contributed by atoms with Crippen molar-refractivity contribution in [1.82, 2.24) is 0 Å². The van der Waals surface area contributed by atoms with E-state index in [4.69, 9.17) is 4.74 Å². The molecule has 0 unspecified atom stereocenters. The second-order valence-electron chi connectivity index (χ2n) is 5.19. The van der Waals surface area contributed by atoms with E-state index < -0.39 is 16.7 Å². The molecule has 1 aromatic carbocycles. The van der Waals surface area contributed by atoms with Gasteiger partial charge in [0, 0.05) is 6.07 Å². The average molecular weight is 303 g/mol. The predicted octanol–water partition coefficient (Wildman–Crippen LogP) is 3.05. The molecule has 1 aromatic rings. The predicted molar refractivity (Wildman–Crippen MR) is 80.1 cm³/mol. The lowest BCUT2D eigenvalue weighted by Crippen LogP contribution is -2.16. The maximum absolute atomic E-state index is 11.7. The van der Waals surface area contributed by atoms with Gasteiger partial charge in [-0.1, -0.05) is 12.1 Å². The second kappa shape index (κ2) is 7.49. The molecule has 1 aliphatic carbocycles. The summed E-state index contributed by atoms with van der Waals surface area (Å²) in [5.74, 6) is -0.967. The smallest absolute Gasteiger partial charge is 0.313 e. The zero-order valence-electron chi connectivity index (χ0n) is 12.1. The van der Waals surface area contributed by atoms with Gasteiger partial charge >= 0.3 is 5.97 Å². The summed E-state index contributed by atoms with van der Waals surface area (Å²) in [5.41, 5.74) is 0.241. The molecular formula is C16H17NO5. The Morgan fingerprint density at radius 3 is 2.64 bits per heavy atom. The molecule has 0 amide bonds. The number of nitro benzene ring substituents is 1. The van der Waals surface area contributed by atoms with Gasteiger partial charge < -0.3 is 4.74 Å². The first kappa shape index (κ1) is 15.9. The van der Waals surface area contributed by atoms with Crippen LogP contribution in [0.4, 0.5) is 5.69 Å². The van der Waals surface area contributed by atoms with Gasteiger partial charge in [-0.3, -0.25) is 19.7 Å². The van der Waals surface area contributed by atoms with Gasteiger partial charge in [0.2, 0.25) is 0 Å². The minimum absolute atomic E-state index is 0.0699. The molecule has 0 aromatic heterocycles. The minimum atomic E-state index is -0.538.